The predicted molar refractivity (Wildman–Crippen MR) is 69.4 cm³/mol. The number of ether oxygens (including phenoxy) is 1. The molecule has 2 aromatic rings. The van der Waals surface area contributed by atoms with E-state index >= 15 is 0 Å². The molecular formula is C13H13NO2S. The second-order valence-corrected chi connectivity index (χ2v) is 4.29. The van der Waals surface area contributed by atoms with Crippen molar-refractivity contribution in [3.8, 4) is 0 Å². The van der Waals surface area contributed by atoms with E-state index in [2.05, 4.69) is 10.7 Å². The molecule has 0 spiro atoms. The number of benzene rings is 1. The van der Waals surface area contributed by atoms with Crippen molar-refractivity contribution < 1.29 is 9.53 Å². The lowest BCUT2D eigenvalue weighted by atomic mass is 10.3. The standard InChI is InChI=1S/C13H13NO2S/c15-13(14-12-4-2-1-3-5-12)16-8-6-11-7-9-17-10-11/h1-5,7,9-10H,6,8H2,(H,14,15). The highest BCUT2D eigenvalue weighted by Crippen LogP contribution is 2.08. The Morgan fingerprint density at radius 1 is 1.24 bits per heavy atom. The predicted octanol–water partition coefficient (Wildman–Crippen LogP) is 3.54. The molecule has 4 heteroatoms. The fourth-order valence-electron chi connectivity index (χ4n) is 1.37. The molecule has 0 fully saturated rings. The largest absolute Gasteiger partial charge is 0.449 e. The third kappa shape index (κ3) is 3.92. The van der Waals surface area contributed by atoms with Crippen molar-refractivity contribution in [3.63, 3.8) is 0 Å². The molecule has 1 heterocycles. The summed E-state index contributed by atoms with van der Waals surface area (Å²) in [6, 6.07) is 11.3. The quantitative estimate of drug-likeness (QED) is 0.897. The summed E-state index contributed by atoms with van der Waals surface area (Å²) in [4.78, 5) is 11.4. The zero-order valence-corrected chi connectivity index (χ0v) is 10.1. The monoisotopic (exact) mass is 247 g/mol. The van der Waals surface area contributed by atoms with Crippen molar-refractivity contribution in [1.82, 2.24) is 0 Å². The molecule has 1 amide bonds. The van der Waals surface area contributed by atoms with Gasteiger partial charge in [0, 0.05) is 12.1 Å². The number of thiophene rings is 1. The van der Waals surface area contributed by atoms with Crippen LogP contribution in [0, 0.1) is 0 Å². The van der Waals surface area contributed by atoms with Crippen LogP contribution in [-0.4, -0.2) is 12.7 Å². The van der Waals surface area contributed by atoms with Crippen LogP contribution in [0.2, 0.25) is 0 Å². The summed E-state index contributed by atoms with van der Waals surface area (Å²) in [6.07, 6.45) is 0.345. The van der Waals surface area contributed by atoms with Gasteiger partial charge < -0.3 is 4.74 Å². The van der Waals surface area contributed by atoms with Gasteiger partial charge in [-0.15, -0.1) is 0 Å². The Morgan fingerprint density at radius 2 is 2.06 bits per heavy atom. The average Bonchev–Trinajstić information content (AvgIpc) is 2.83. The van der Waals surface area contributed by atoms with E-state index in [0.29, 0.717) is 6.61 Å². The summed E-state index contributed by atoms with van der Waals surface area (Å²) >= 11 is 1.64. The molecule has 0 unspecified atom stereocenters. The van der Waals surface area contributed by atoms with E-state index in [-0.39, 0.29) is 0 Å². The number of rotatable bonds is 4. The van der Waals surface area contributed by atoms with E-state index in [1.54, 1.807) is 11.3 Å². The van der Waals surface area contributed by atoms with Gasteiger partial charge in [0.05, 0.1) is 6.61 Å². The molecule has 3 nitrogen and oxygen atoms in total. The van der Waals surface area contributed by atoms with E-state index in [9.17, 15) is 4.79 Å². The Labute approximate surface area is 104 Å². The summed E-state index contributed by atoms with van der Waals surface area (Å²) in [7, 11) is 0. The summed E-state index contributed by atoms with van der Waals surface area (Å²) < 4.78 is 5.07. The fourth-order valence-corrected chi connectivity index (χ4v) is 2.08. The Balaban J connectivity index is 1.71. The lowest BCUT2D eigenvalue weighted by Crippen LogP contribution is -2.15. The van der Waals surface area contributed by atoms with Crippen LogP contribution >= 0.6 is 11.3 Å². The van der Waals surface area contributed by atoms with Crippen LogP contribution in [0.25, 0.3) is 0 Å². The Hall–Kier alpha value is -1.81. The molecule has 0 aliphatic rings. The normalized spacial score (nSPS) is 9.88. The van der Waals surface area contributed by atoms with Crippen LogP contribution in [0.4, 0.5) is 10.5 Å². The second kappa shape index (κ2) is 6.06. The maximum Gasteiger partial charge on any atom is 0.411 e. The van der Waals surface area contributed by atoms with Crippen LogP contribution < -0.4 is 5.32 Å². The molecule has 1 aromatic carbocycles. The number of carbonyl (C=O) groups excluding carboxylic acids is 1. The molecule has 0 atom stereocenters. The van der Waals surface area contributed by atoms with Crippen molar-refractivity contribution in [3.05, 3.63) is 52.7 Å². The number of anilines is 1. The van der Waals surface area contributed by atoms with Crippen molar-refractivity contribution in [2.75, 3.05) is 11.9 Å². The Kier molecular flexibility index (Phi) is 4.16. The molecule has 0 bridgehead atoms. The number of nitrogens with one attached hydrogen (secondary N) is 1. The highest BCUT2D eigenvalue weighted by Gasteiger charge is 2.02. The van der Waals surface area contributed by atoms with Crippen LogP contribution in [0.5, 0.6) is 0 Å². The first-order valence-corrected chi connectivity index (χ1v) is 6.29. The molecule has 0 radical (unpaired) electrons. The lowest BCUT2D eigenvalue weighted by Gasteiger charge is -2.06. The zero-order chi connectivity index (χ0) is 11.9. The number of amides is 1. The van der Waals surface area contributed by atoms with Crippen LogP contribution in [0.1, 0.15) is 5.56 Å². The molecular weight excluding hydrogens is 234 g/mol. The van der Waals surface area contributed by atoms with Gasteiger partial charge in [-0.1, -0.05) is 18.2 Å². The van der Waals surface area contributed by atoms with Gasteiger partial charge in [0.2, 0.25) is 0 Å². The first-order valence-electron chi connectivity index (χ1n) is 5.34. The third-order valence-corrected chi connectivity index (χ3v) is 2.96. The SMILES string of the molecule is O=C(Nc1ccccc1)OCCc1ccsc1. The zero-order valence-electron chi connectivity index (χ0n) is 9.26. The maximum atomic E-state index is 11.4. The molecule has 0 saturated carbocycles. The summed E-state index contributed by atoms with van der Waals surface area (Å²) in [5.74, 6) is 0. The first-order chi connectivity index (χ1) is 8.34. The second-order valence-electron chi connectivity index (χ2n) is 3.51. The van der Waals surface area contributed by atoms with E-state index in [0.717, 1.165) is 12.1 Å². The first kappa shape index (κ1) is 11.7. The molecule has 0 aliphatic heterocycles. The van der Waals surface area contributed by atoms with Gasteiger partial charge in [-0.25, -0.2) is 4.79 Å². The fraction of sp³-hybridized carbons (Fsp3) is 0.154. The highest BCUT2D eigenvalue weighted by atomic mass is 32.1. The van der Waals surface area contributed by atoms with E-state index in [1.807, 2.05) is 41.8 Å². The third-order valence-electron chi connectivity index (χ3n) is 2.22. The highest BCUT2D eigenvalue weighted by molar-refractivity contribution is 7.07. The van der Waals surface area contributed by atoms with Gasteiger partial charge in [-0.05, 0) is 34.5 Å². The number of carbonyl (C=O) groups is 1. The molecule has 1 aromatic heterocycles. The lowest BCUT2D eigenvalue weighted by molar-refractivity contribution is 0.163. The van der Waals surface area contributed by atoms with Gasteiger partial charge in [0.15, 0.2) is 0 Å². The Bertz CT molecular complexity index is 454. The summed E-state index contributed by atoms with van der Waals surface area (Å²) in [5.41, 5.74) is 1.94. The smallest absolute Gasteiger partial charge is 0.411 e. The summed E-state index contributed by atoms with van der Waals surface area (Å²) in [6.45, 7) is 0.398. The number of hydrogen-bond acceptors (Lipinski definition) is 3. The van der Waals surface area contributed by atoms with E-state index in [4.69, 9.17) is 4.74 Å². The van der Waals surface area contributed by atoms with Gasteiger partial charge in [0.1, 0.15) is 0 Å². The van der Waals surface area contributed by atoms with Crippen molar-refractivity contribution in [1.29, 1.82) is 0 Å². The minimum atomic E-state index is -0.411. The van der Waals surface area contributed by atoms with Gasteiger partial charge >= 0.3 is 6.09 Å². The van der Waals surface area contributed by atoms with Crippen LogP contribution in [0.3, 0.4) is 0 Å². The number of para-hydroxylation sites is 1. The Morgan fingerprint density at radius 3 is 2.76 bits per heavy atom. The van der Waals surface area contributed by atoms with Crippen LogP contribution in [-0.2, 0) is 11.2 Å². The van der Waals surface area contributed by atoms with Gasteiger partial charge in [0.25, 0.3) is 0 Å². The summed E-state index contributed by atoms with van der Waals surface area (Å²) in [5, 5.41) is 6.73. The maximum absolute atomic E-state index is 11.4. The van der Waals surface area contributed by atoms with Crippen LogP contribution in [0.15, 0.2) is 47.2 Å². The van der Waals surface area contributed by atoms with Gasteiger partial charge in [-0.3, -0.25) is 5.32 Å². The molecule has 0 saturated heterocycles. The molecule has 88 valence electrons. The topological polar surface area (TPSA) is 38.3 Å². The molecule has 1 N–H and O–H groups in total. The van der Waals surface area contributed by atoms with Crippen molar-refractivity contribution in [2.45, 2.75) is 6.42 Å². The molecule has 2 rings (SSSR count). The van der Waals surface area contributed by atoms with Crippen molar-refractivity contribution >= 4 is 23.1 Å². The minimum Gasteiger partial charge on any atom is -0.449 e. The van der Waals surface area contributed by atoms with Crippen molar-refractivity contribution in [2.24, 2.45) is 0 Å². The number of hydrogen-bond donors (Lipinski definition) is 1. The molecule has 0 aliphatic carbocycles. The van der Waals surface area contributed by atoms with Gasteiger partial charge in [-0.2, -0.15) is 11.3 Å². The minimum absolute atomic E-state index is 0.398. The average molecular weight is 247 g/mol. The molecule has 17 heavy (non-hydrogen) atoms. The van der Waals surface area contributed by atoms with E-state index < -0.39 is 6.09 Å². The van der Waals surface area contributed by atoms with E-state index in [1.165, 1.54) is 5.56 Å².